The zero-order valence-electron chi connectivity index (χ0n) is 10.4. The molecule has 0 aliphatic carbocycles. The summed E-state index contributed by atoms with van der Waals surface area (Å²) >= 11 is 0. The summed E-state index contributed by atoms with van der Waals surface area (Å²) in [5, 5.41) is 15.4. The maximum atomic E-state index is 10.6. The lowest BCUT2D eigenvalue weighted by molar-refractivity contribution is 0.0685. The van der Waals surface area contributed by atoms with Crippen molar-refractivity contribution in [1.82, 2.24) is 15.4 Å². The van der Waals surface area contributed by atoms with E-state index in [0.29, 0.717) is 12.3 Å². The number of piperidine rings is 1. The van der Waals surface area contributed by atoms with Gasteiger partial charge in [-0.3, -0.25) is 0 Å². The van der Waals surface area contributed by atoms with E-state index in [4.69, 9.17) is 9.63 Å². The molecule has 100 valence electrons. The molecule has 6 nitrogen and oxygen atoms in total. The highest BCUT2D eigenvalue weighted by Crippen LogP contribution is 2.07. The average Bonchev–Trinajstić information content (AvgIpc) is 2.85. The van der Waals surface area contributed by atoms with E-state index in [1.807, 2.05) is 0 Å². The fraction of sp³-hybridized carbons (Fsp3) is 0.667. The third-order valence-corrected chi connectivity index (χ3v) is 3.13. The Balaban J connectivity index is 1.63. The van der Waals surface area contributed by atoms with E-state index >= 15 is 0 Å². The Bertz CT molecular complexity index is 386. The van der Waals surface area contributed by atoms with Gasteiger partial charge in [0.05, 0.1) is 6.54 Å². The molecule has 2 heterocycles. The summed E-state index contributed by atoms with van der Waals surface area (Å²) in [4.78, 5) is 13.0. The fourth-order valence-electron chi connectivity index (χ4n) is 2.13. The van der Waals surface area contributed by atoms with E-state index in [-0.39, 0.29) is 5.69 Å². The van der Waals surface area contributed by atoms with E-state index < -0.39 is 5.97 Å². The number of aromatic carboxylic acids is 1. The number of nitrogens with one attached hydrogen (secondary N) is 1. The van der Waals surface area contributed by atoms with Gasteiger partial charge >= 0.3 is 5.97 Å². The summed E-state index contributed by atoms with van der Waals surface area (Å²) in [5.41, 5.74) is -0.0390. The van der Waals surface area contributed by atoms with Crippen LogP contribution in [0.2, 0.25) is 0 Å². The van der Waals surface area contributed by atoms with E-state index in [9.17, 15) is 4.79 Å². The second kappa shape index (κ2) is 6.51. The monoisotopic (exact) mass is 253 g/mol. The molecule has 1 saturated heterocycles. The van der Waals surface area contributed by atoms with Crippen LogP contribution in [0.15, 0.2) is 10.6 Å². The number of likely N-dealkylation sites (tertiary alicyclic amines) is 1. The summed E-state index contributed by atoms with van der Waals surface area (Å²) in [6, 6.07) is 1.45. The molecule has 0 unspecified atom stereocenters. The number of nitrogens with zero attached hydrogens (tertiary/aromatic N) is 2. The SMILES string of the molecule is O=C(O)c1cc(CNCCN2CCCCC2)on1. The quantitative estimate of drug-likeness (QED) is 0.735. The molecule has 1 aromatic rings. The number of hydrogen-bond acceptors (Lipinski definition) is 5. The van der Waals surface area contributed by atoms with Crippen molar-refractivity contribution < 1.29 is 14.4 Å². The lowest BCUT2D eigenvalue weighted by atomic mass is 10.1. The van der Waals surface area contributed by atoms with Crippen molar-refractivity contribution in [2.45, 2.75) is 25.8 Å². The fourth-order valence-corrected chi connectivity index (χ4v) is 2.13. The predicted octanol–water partition coefficient (Wildman–Crippen LogP) is 0.948. The standard InChI is InChI=1S/C12H19N3O3/c16-12(17)11-8-10(18-14-11)9-13-4-7-15-5-2-1-3-6-15/h8,13H,1-7,9H2,(H,16,17). The minimum Gasteiger partial charge on any atom is -0.476 e. The van der Waals surface area contributed by atoms with Crippen LogP contribution in [0.3, 0.4) is 0 Å². The van der Waals surface area contributed by atoms with Gasteiger partial charge in [0.25, 0.3) is 0 Å². The normalized spacial score (nSPS) is 16.9. The lowest BCUT2D eigenvalue weighted by Gasteiger charge is -2.26. The minimum absolute atomic E-state index is 0.0390. The van der Waals surface area contributed by atoms with Crippen LogP contribution in [0, 0.1) is 0 Å². The molecule has 2 N–H and O–H groups in total. The second-order valence-electron chi connectivity index (χ2n) is 4.56. The predicted molar refractivity (Wildman–Crippen MR) is 65.5 cm³/mol. The smallest absolute Gasteiger partial charge is 0.358 e. The molecule has 1 aliphatic rings. The number of rotatable bonds is 6. The van der Waals surface area contributed by atoms with Crippen LogP contribution in [0.1, 0.15) is 35.5 Å². The van der Waals surface area contributed by atoms with Gasteiger partial charge in [-0.15, -0.1) is 0 Å². The Kier molecular flexibility index (Phi) is 4.72. The van der Waals surface area contributed by atoms with Gasteiger partial charge in [-0.1, -0.05) is 11.6 Å². The first-order chi connectivity index (χ1) is 8.75. The van der Waals surface area contributed by atoms with E-state index in [1.54, 1.807) is 0 Å². The lowest BCUT2D eigenvalue weighted by Crippen LogP contribution is -2.35. The first kappa shape index (κ1) is 13.0. The van der Waals surface area contributed by atoms with Crippen LogP contribution in [0.4, 0.5) is 0 Å². The van der Waals surface area contributed by atoms with Gasteiger partial charge in [-0.05, 0) is 25.9 Å². The average molecular weight is 253 g/mol. The molecular formula is C12H19N3O3. The highest BCUT2D eigenvalue weighted by molar-refractivity contribution is 5.85. The molecule has 0 aromatic carbocycles. The zero-order chi connectivity index (χ0) is 12.8. The Morgan fingerprint density at radius 3 is 2.89 bits per heavy atom. The molecular weight excluding hydrogens is 234 g/mol. The van der Waals surface area contributed by atoms with Crippen LogP contribution in [-0.4, -0.2) is 47.3 Å². The summed E-state index contributed by atoms with van der Waals surface area (Å²) < 4.78 is 4.91. The van der Waals surface area contributed by atoms with Crippen molar-refractivity contribution in [3.63, 3.8) is 0 Å². The molecule has 2 rings (SSSR count). The van der Waals surface area contributed by atoms with Crippen LogP contribution < -0.4 is 5.32 Å². The second-order valence-corrected chi connectivity index (χ2v) is 4.56. The van der Waals surface area contributed by atoms with Crippen molar-refractivity contribution in [2.24, 2.45) is 0 Å². The summed E-state index contributed by atoms with van der Waals surface area (Å²) in [6.07, 6.45) is 3.94. The van der Waals surface area contributed by atoms with Gasteiger partial charge in [0.1, 0.15) is 0 Å². The van der Waals surface area contributed by atoms with Crippen LogP contribution in [0.25, 0.3) is 0 Å². The molecule has 18 heavy (non-hydrogen) atoms. The number of carboxylic acids is 1. The van der Waals surface area contributed by atoms with E-state index in [2.05, 4.69) is 15.4 Å². The molecule has 1 fully saturated rings. The van der Waals surface area contributed by atoms with Crippen molar-refractivity contribution in [1.29, 1.82) is 0 Å². The van der Waals surface area contributed by atoms with Crippen LogP contribution >= 0.6 is 0 Å². The minimum atomic E-state index is -1.06. The third-order valence-electron chi connectivity index (χ3n) is 3.13. The first-order valence-corrected chi connectivity index (χ1v) is 6.37. The molecule has 1 aliphatic heterocycles. The van der Waals surface area contributed by atoms with Crippen LogP contribution in [0.5, 0.6) is 0 Å². The largest absolute Gasteiger partial charge is 0.476 e. The summed E-state index contributed by atoms with van der Waals surface area (Å²) in [5.74, 6) is -0.496. The molecule has 0 saturated carbocycles. The maximum Gasteiger partial charge on any atom is 0.358 e. The van der Waals surface area contributed by atoms with Crippen LogP contribution in [-0.2, 0) is 6.54 Å². The molecule has 6 heteroatoms. The molecule has 0 radical (unpaired) electrons. The van der Waals surface area contributed by atoms with Crippen molar-refractivity contribution in [3.8, 4) is 0 Å². The summed E-state index contributed by atoms with van der Waals surface area (Å²) in [6.45, 7) is 4.80. The van der Waals surface area contributed by atoms with Crippen molar-refractivity contribution in [3.05, 3.63) is 17.5 Å². The van der Waals surface area contributed by atoms with E-state index in [0.717, 1.165) is 13.1 Å². The molecule has 0 bridgehead atoms. The van der Waals surface area contributed by atoms with Crippen molar-refractivity contribution >= 4 is 5.97 Å². The summed E-state index contributed by atoms with van der Waals surface area (Å²) in [7, 11) is 0. The van der Waals surface area contributed by atoms with E-state index in [1.165, 1.54) is 38.4 Å². The topological polar surface area (TPSA) is 78.6 Å². The molecule has 0 amide bonds. The maximum absolute atomic E-state index is 10.6. The highest BCUT2D eigenvalue weighted by atomic mass is 16.5. The van der Waals surface area contributed by atoms with Gasteiger partial charge in [0.2, 0.25) is 0 Å². The number of hydrogen-bond donors (Lipinski definition) is 2. The number of carbonyl (C=O) groups is 1. The molecule has 1 aromatic heterocycles. The van der Waals surface area contributed by atoms with Gasteiger partial charge in [0.15, 0.2) is 11.5 Å². The third kappa shape index (κ3) is 3.82. The number of aromatic nitrogens is 1. The van der Waals surface area contributed by atoms with Gasteiger partial charge < -0.3 is 19.8 Å². The van der Waals surface area contributed by atoms with Gasteiger partial charge in [-0.25, -0.2) is 4.79 Å². The Morgan fingerprint density at radius 2 is 2.22 bits per heavy atom. The van der Waals surface area contributed by atoms with Gasteiger partial charge in [-0.2, -0.15) is 0 Å². The van der Waals surface area contributed by atoms with Gasteiger partial charge in [0, 0.05) is 19.2 Å². The first-order valence-electron chi connectivity index (χ1n) is 6.37. The molecule has 0 spiro atoms. The molecule has 0 atom stereocenters. The van der Waals surface area contributed by atoms with Crippen molar-refractivity contribution in [2.75, 3.05) is 26.2 Å². The zero-order valence-corrected chi connectivity index (χ0v) is 10.4. The Hall–Kier alpha value is -1.40. The Labute approximate surface area is 106 Å². The highest BCUT2D eigenvalue weighted by Gasteiger charge is 2.11. The number of carboxylic acid groups (broad SMARTS) is 1. The Morgan fingerprint density at radius 1 is 1.44 bits per heavy atom.